The first-order valence-electron chi connectivity index (χ1n) is 9.03. The molecule has 136 valence electrons. The van der Waals surface area contributed by atoms with Gasteiger partial charge in [-0.15, -0.1) is 0 Å². The molecule has 3 aromatic carbocycles. The van der Waals surface area contributed by atoms with Gasteiger partial charge in [0.1, 0.15) is 0 Å². The van der Waals surface area contributed by atoms with Crippen LogP contribution in [0.25, 0.3) is 21.8 Å². The number of hydrogen-bond acceptors (Lipinski definition) is 2. The van der Waals surface area contributed by atoms with E-state index in [9.17, 15) is 4.79 Å². The summed E-state index contributed by atoms with van der Waals surface area (Å²) in [6.07, 6.45) is 0. The fourth-order valence-electron chi connectivity index (χ4n) is 3.70. The predicted molar refractivity (Wildman–Crippen MR) is 111 cm³/mol. The molecule has 0 N–H and O–H groups in total. The van der Waals surface area contributed by atoms with Gasteiger partial charge in [-0.25, -0.2) is 4.79 Å². The number of rotatable bonds is 4. The van der Waals surface area contributed by atoms with Crippen LogP contribution in [0.3, 0.4) is 0 Å². The minimum absolute atomic E-state index is 0.302. The van der Waals surface area contributed by atoms with Crippen LogP contribution in [0.2, 0.25) is 5.02 Å². The van der Waals surface area contributed by atoms with E-state index in [1.807, 2.05) is 56.3 Å². The lowest BCUT2D eigenvalue weighted by Crippen LogP contribution is -2.09. The molecule has 0 unspecified atom stereocenters. The van der Waals surface area contributed by atoms with Gasteiger partial charge in [0.15, 0.2) is 0 Å². The summed E-state index contributed by atoms with van der Waals surface area (Å²) in [5, 5.41) is 2.84. The fraction of sp³-hybridized carbons (Fsp3) is 0.174. The number of nitrogens with zero attached hydrogens (tertiary/aromatic N) is 1. The van der Waals surface area contributed by atoms with Crippen LogP contribution in [0.4, 0.5) is 0 Å². The normalized spacial score (nSPS) is 11.2. The van der Waals surface area contributed by atoms with Gasteiger partial charge in [0, 0.05) is 22.3 Å². The summed E-state index contributed by atoms with van der Waals surface area (Å²) in [6, 6.07) is 20.0. The van der Waals surface area contributed by atoms with Crippen molar-refractivity contribution in [3.05, 3.63) is 82.4 Å². The quantitative estimate of drug-likeness (QED) is 0.409. The molecule has 4 heteroatoms. The zero-order valence-corrected chi connectivity index (χ0v) is 16.1. The summed E-state index contributed by atoms with van der Waals surface area (Å²) in [4.78, 5) is 12.6. The zero-order chi connectivity index (χ0) is 19.0. The number of ether oxygens (including phenoxy) is 1. The number of carbonyl (C=O) groups excluding carboxylic acids is 1. The summed E-state index contributed by atoms with van der Waals surface area (Å²) < 4.78 is 7.50. The summed E-state index contributed by atoms with van der Waals surface area (Å²) in [5.74, 6) is -0.302. The smallest absolute Gasteiger partial charge is 0.340 e. The lowest BCUT2D eigenvalue weighted by atomic mass is 10.1. The van der Waals surface area contributed by atoms with Gasteiger partial charge in [-0.05, 0) is 37.1 Å². The van der Waals surface area contributed by atoms with Crippen LogP contribution in [0, 0.1) is 6.92 Å². The first-order chi connectivity index (χ1) is 13.1. The molecule has 4 rings (SSSR count). The Morgan fingerprint density at radius 3 is 2.44 bits per heavy atom. The Balaban J connectivity index is 2.09. The third-order valence-corrected chi connectivity index (χ3v) is 5.32. The van der Waals surface area contributed by atoms with E-state index in [-0.39, 0.29) is 5.97 Å². The molecule has 0 aliphatic rings. The van der Waals surface area contributed by atoms with Gasteiger partial charge in [0.05, 0.1) is 23.2 Å². The third kappa shape index (κ3) is 2.98. The van der Waals surface area contributed by atoms with Crippen molar-refractivity contribution >= 4 is 39.4 Å². The van der Waals surface area contributed by atoms with E-state index in [2.05, 4.69) is 22.8 Å². The number of aromatic nitrogens is 1. The number of esters is 1. The molecular weight excluding hydrogens is 358 g/mol. The number of carbonyl (C=O) groups is 1. The second-order valence-electron chi connectivity index (χ2n) is 6.56. The Morgan fingerprint density at radius 2 is 1.70 bits per heavy atom. The van der Waals surface area contributed by atoms with Crippen molar-refractivity contribution in [3.8, 4) is 0 Å². The van der Waals surface area contributed by atoms with Crippen molar-refractivity contribution in [1.29, 1.82) is 0 Å². The van der Waals surface area contributed by atoms with Crippen LogP contribution in [-0.4, -0.2) is 17.1 Å². The highest BCUT2D eigenvalue weighted by atomic mass is 35.5. The molecule has 4 aromatic rings. The fourth-order valence-corrected chi connectivity index (χ4v) is 3.85. The van der Waals surface area contributed by atoms with Crippen molar-refractivity contribution in [3.63, 3.8) is 0 Å². The van der Waals surface area contributed by atoms with Crippen LogP contribution in [0.1, 0.15) is 28.4 Å². The molecule has 1 heterocycles. The van der Waals surface area contributed by atoms with Gasteiger partial charge >= 0.3 is 5.97 Å². The third-order valence-electron chi connectivity index (χ3n) is 4.91. The number of benzene rings is 3. The van der Waals surface area contributed by atoms with E-state index in [1.54, 1.807) is 0 Å². The zero-order valence-electron chi connectivity index (χ0n) is 15.3. The molecule has 0 atom stereocenters. The van der Waals surface area contributed by atoms with Crippen LogP contribution < -0.4 is 0 Å². The van der Waals surface area contributed by atoms with Gasteiger partial charge < -0.3 is 9.30 Å². The molecule has 0 spiro atoms. The topological polar surface area (TPSA) is 31.2 Å². The average molecular weight is 378 g/mol. The molecule has 3 nitrogen and oxygen atoms in total. The first-order valence-corrected chi connectivity index (χ1v) is 9.40. The van der Waals surface area contributed by atoms with E-state index in [1.165, 1.54) is 0 Å². The molecule has 0 aliphatic carbocycles. The Labute approximate surface area is 163 Å². The van der Waals surface area contributed by atoms with Gasteiger partial charge in [0.25, 0.3) is 0 Å². The number of halogens is 1. The Kier molecular flexibility index (Phi) is 4.63. The summed E-state index contributed by atoms with van der Waals surface area (Å²) >= 11 is 6.44. The van der Waals surface area contributed by atoms with E-state index in [4.69, 9.17) is 16.3 Å². The molecule has 0 amide bonds. The minimum Gasteiger partial charge on any atom is -0.462 e. The highest BCUT2D eigenvalue weighted by molar-refractivity contribution is 6.32. The molecule has 0 radical (unpaired) electrons. The molecule has 0 fully saturated rings. The minimum atomic E-state index is -0.302. The molecular formula is C23H20ClNO2. The summed E-state index contributed by atoms with van der Waals surface area (Å²) in [5.41, 5.74) is 4.70. The Bertz CT molecular complexity index is 1150. The van der Waals surface area contributed by atoms with Crippen LogP contribution in [0.5, 0.6) is 0 Å². The second-order valence-corrected chi connectivity index (χ2v) is 6.97. The van der Waals surface area contributed by atoms with Crippen molar-refractivity contribution in [1.82, 2.24) is 4.57 Å². The van der Waals surface area contributed by atoms with E-state index < -0.39 is 0 Å². The molecule has 0 bridgehead atoms. The van der Waals surface area contributed by atoms with Crippen LogP contribution in [-0.2, 0) is 11.3 Å². The van der Waals surface area contributed by atoms with Gasteiger partial charge in [0.2, 0.25) is 0 Å². The van der Waals surface area contributed by atoms with Crippen molar-refractivity contribution in [2.24, 2.45) is 0 Å². The van der Waals surface area contributed by atoms with Gasteiger partial charge in [-0.1, -0.05) is 60.1 Å². The standard InChI is InChI=1S/C23H20ClNO2/c1-3-27-23(26)19-11-7-10-17-18-12-13-20(24)15(2)21(18)25(22(17)19)14-16-8-5-4-6-9-16/h4-13H,3,14H2,1-2H3. The number of fused-ring (bicyclic) bond motifs is 3. The predicted octanol–water partition coefficient (Wildman–Crippen LogP) is 5.98. The highest BCUT2D eigenvalue weighted by Crippen LogP contribution is 2.36. The molecule has 0 aliphatic heterocycles. The SMILES string of the molecule is CCOC(=O)c1cccc2c3ccc(Cl)c(C)c3n(Cc3ccccc3)c12. The number of hydrogen-bond donors (Lipinski definition) is 0. The highest BCUT2D eigenvalue weighted by Gasteiger charge is 2.20. The molecule has 0 saturated heterocycles. The lowest BCUT2D eigenvalue weighted by molar-refractivity contribution is 0.0528. The molecule has 27 heavy (non-hydrogen) atoms. The summed E-state index contributed by atoms with van der Waals surface area (Å²) in [7, 11) is 0. The van der Waals surface area contributed by atoms with Crippen LogP contribution >= 0.6 is 11.6 Å². The Hall–Kier alpha value is -2.78. The van der Waals surface area contributed by atoms with E-state index >= 15 is 0 Å². The maximum atomic E-state index is 12.6. The van der Waals surface area contributed by atoms with Crippen molar-refractivity contribution < 1.29 is 9.53 Å². The monoisotopic (exact) mass is 377 g/mol. The largest absolute Gasteiger partial charge is 0.462 e. The van der Waals surface area contributed by atoms with Crippen molar-refractivity contribution in [2.75, 3.05) is 6.61 Å². The first kappa shape index (κ1) is 17.6. The molecule has 0 saturated carbocycles. The Morgan fingerprint density at radius 1 is 0.963 bits per heavy atom. The maximum Gasteiger partial charge on any atom is 0.340 e. The molecule has 1 aromatic heterocycles. The summed E-state index contributed by atoms with van der Waals surface area (Å²) in [6.45, 7) is 4.84. The second kappa shape index (κ2) is 7.09. The average Bonchev–Trinajstić information content (AvgIpc) is 3.00. The van der Waals surface area contributed by atoms with E-state index in [0.29, 0.717) is 18.7 Å². The number of para-hydroxylation sites is 1. The number of aryl methyl sites for hydroxylation is 1. The lowest BCUT2D eigenvalue weighted by Gasteiger charge is -2.12. The maximum absolute atomic E-state index is 12.6. The van der Waals surface area contributed by atoms with Gasteiger partial charge in [-0.3, -0.25) is 0 Å². The van der Waals surface area contributed by atoms with Crippen molar-refractivity contribution in [2.45, 2.75) is 20.4 Å². The van der Waals surface area contributed by atoms with E-state index in [0.717, 1.165) is 38.0 Å². The van der Waals surface area contributed by atoms with Gasteiger partial charge in [-0.2, -0.15) is 0 Å². The van der Waals surface area contributed by atoms with Crippen LogP contribution in [0.15, 0.2) is 60.7 Å².